The lowest BCUT2D eigenvalue weighted by Gasteiger charge is -2.57. The number of hydrogen-bond acceptors (Lipinski definition) is 6. The molecule has 8 nitrogen and oxygen atoms in total. The fourth-order valence-electron chi connectivity index (χ4n) is 7.70. The summed E-state index contributed by atoms with van der Waals surface area (Å²) in [5.74, 6) is 2.47. The van der Waals surface area contributed by atoms with E-state index in [1.165, 1.54) is 57.3 Å². The first-order valence-corrected chi connectivity index (χ1v) is 12.9. The molecule has 1 saturated heterocycles. The Bertz CT molecular complexity index is 1330. The van der Waals surface area contributed by atoms with E-state index >= 15 is 0 Å². The van der Waals surface area contributed by atoms with Gasteiger partial charge in [0.1, 0.15) is 11.3 Å². The van der Waals surface area contributed by atoms with Gasteiger partial charge in [0.2, 0.25) is 6.79 Å². The molecule has 0 spiro atoms. The second-order valence-electron chi connectivity index (χ2n) is 11.2. The maximum Gasteiger partial charge on any atom is 0.335 e. The molecule has 4 bridgehead atoms. The van der Waals surface area contributed by atoms with Crippen LogP contribution in [0.4, 0.5) is 10.5 Å². The van der Waals surface area contributed by atoms with Crippen molar-refractivity contribution in [1.29, 1.82) is 0 Å². The minimum atomic E-state index is -0.757. The van der Waals surface area contributed by atoms with Crippen molar-refractivity contribution in [3.8, 4) is 17.2 Å². The van der Waals surface area contributed by atoms with Crippen molar-refractivity contribution in [2.24, 2.45) is 17.8 Å². The minimum Gasteiger partial charge on any atom is -0.496 e. The number of carbonyl (C=O) groups is 3. The topological polar surface area (TPSA) is 94.2 Å². The largest absolute Gasteiger partial charge is 0.496 e. The summed E-state index contributed by atoms with van der Waals surface area (Å²) in [6.07, 6.45) is 9.24. The summed E-state index contributed by atoms with van der Waals surface area (Å²) in [6, 6.07) is 10.3. The molecule has 5 fully saturated rings. The predicted octanol–water partition coefficient (Wildman–Crippen LogP) is 4.56. The smallest absolute Gasteiger partial charge is 0.335 e. The Morgan fingerprint density at radius 2 is 1.57 bits per heavy atom. The fraction of sp³-hybridized carbons (Fsp3) is 0.414. The Morgan fingerprint density at radius 1 is 0.946 bits per heavy atom. The molecule has 8 heteroatoms. The molecule has 1 N–H and O–H groups in total. The molecule has 2 aliphatic heterocycles. The number of nitrogens with one attached hydrogen (secondary N) is 1. The van der Waals surface area contributed by atoms with Crippen molar-refractivity contribution in [1.82, 2.24) is 5.32 Å². The summed E-state index contributed by atoms with van der Waals surface area (Å²) in [5, 5.41) is 2.30. The highest BCUT2D eigenvalue weighted by Gasteiger charge is 2.51. The van der Waals surface area contributed by atoms with Crippen molar-refractivity contribution in [2.75, 3.05) is 18.8 Å². The molecule has 2 aromatic carbocycles. The van der Waals surface area contributed by atoms with Gasteiger partial charge < -0.3 is 14.2 Å². The van der Waals surface area contributed by atoms with E-state index in [0.29, 0.717) is 28.5 Å². The molecule has 2 aromatic rings. The molecule has 0 radical (unpaired) electrons. The molecule has 0 atom stereocenters. The molecular formula is C29H28N2O6. The summed E-state index contributed by atoms with van der Waals surface area (Å²) in [5.41, 5.74) is 2.26. The first kappa shape index (κ1) is 22.4. The van der Waals surface area contributed by atoms with Crippen LogP contribution in [0.3, 0.4) is 0 Å². The number of methoxy groups -OCH3 is 1. The van der Waals surface area contributed by atoms with Crippen molar-refractivity contribution < 1.29 is 28.6 Å². The Labute approximate surface area is 214 Å². The molecule has 190 valence electrons. The van der Waals surface area contributed by atoms with Crippen molar-refractivity contribution >= 4 is 29.6 Å². The van der Waals surface area contributed by atoms with Gasteiger partial charge in [-0.1, -0.05) is 12.1 Å². The Balaban J connectivity index is 1.20. The normalized spacial score (nSPS) is 30.7. The number of benzene rings is 2. The van der Waals surface area contributed by atoms with E-state index < -0.39 is 17.8 Å². The van der Waals surface area contributed by atoms with Crippen molar-refractivity contribution in [2.45, 2.75) is 43.9 Å². The standard InChI is InChI=1S/C29H28N2O6/c1-35-23-11-25-24(36-15-37-25)10-19(23)9-22-26(32)30-28(34)31(27(22)33)21-4-2-20(3-5-21)29-12-16-6-17(13-29)8-18(7-16)14-29/h2-5,9-11,16-18H,6-8,12-15H2,1H3,(H,30,32,34)/b22-9+. The molecule has 37 heavy (non-hydrogen) atoms. The molecule has 4 saturated carbocycles. The number of barbiturate groups is 1. The highest BCUT2D eigenvalue weighted by molar-refractivity contribution is 6.39. The number of hydrogen-bond donors (Lipinski definition) is 1. The molecule has 0 unspecified atom stereocenters. The Morgan fingerprint density at radius 3 is 2.19 bits per heavy atom. The first-order chi connectivity index (χ1) is 17.9. The average molecular weight is 501 g/mol. The van der Waals surface area contributed by atoms with Crippen LogP contribution in [0.15, 0.2) is 42.0 Å². The van der Waals surface area contributed by atoms with Crippen LogP contribution < -0.4 is 24.4 Å². The highest BCUT2D eigenvalue weighted by Crippen LogP contribution is 2.60. The number of fused-ring (bicyclic) bond motifs is 1. The van der Waals surface area contributed by atoms with Gasteiger partial charge >= 0.3 is 6.03 Å². The molecule has 8 rings (SSSR count). The first-order valence-electron chi connectivity index (χ1n) is 12.9. The van der Waals surface area contributed by atoms with Crippen LogP contribution in [-0.4, -0.2) is 31.7 Å². The highest BCUT2D eigenvalue weighted by atomic mass is 16.7. The zero-order valence-electron chi connectivity index (χ0n) is 20.6. The summed E-state index contributed by atoms with van der Waals surface area (Å²) in [4.78, 5) is 40.0. The van der Waals surface area contributed by atoms with E-state index in [2.05, 4.69) is 17.4 Å². The zero-order chi connectivity index (χ0) is 25.3. The van der Waals surface area contributed by atoms with Crippen LogP contribution in [0.2, 0.25) is 0 Å². The Kier molecular flexibility index (Phi) is 4.90. The lowest BCUT2D eigenvalue weighted by Crippen LogP contribution is -2.54. The third-order valence-corrected chi connectivity index (χ3v) is 8.90. The second kappa shape index (κ2) is 8.10. The number of urea groups is 1. The van der Waals surface area contributed by atoms with Gasteiger partial charge in [-0.2, -0.15) is 0 Å². The average Bonchev–Trinajstić information content (AvgIpc) is 3.33. The zero-order valence-corrected chi connectivity index (χ0v) is 20.6. The number of carbonyl (C=O) groups excluding carboxylic acids is 3. The van der Waals surface area contributed by atoms with E-state index in [1.54, 1.807) is 12.1 Å². The van der Waals surface area contributed by atoms with Gasteiger partial charge in [-0.3, -0.25) is 14.9 Å². The van der Waals surface area contributed by atoms with Gasteiger partial charge in [-0.15, -0.1) is 0 Å². The molecule has 2 heterocycles. The van der Waals surface area contributed by atoms with Crippen molar-refractivity contribution in [3.63, 3.8) is 0 Å². The van der Waals surface area contributed by atoms with Gasteiger partial charge in [-0.25, -0.2) is 9.69 Å². The van der Waals surface area contributed by atoms with Crippen LogP contribution in [0.25, 0.3) is 6.08 Å². The fourth-order valence-corrected chi connectivity index (χ4v) is 7.70. The number of nitrogens with zero attached hydrogens (tertiary/aromatic N) is 1. The van der Waals surface area contributed by atoms with Gasteiger partial charge in [-0.05, 0) is 91.5 Å². The predicted molar refractivity (Wildman–Crippen MR) is 134 cm³/mol. The summed E-state index contributed by atoms with van der Waals surface area (Å²) < 4.78 is 16.2. The quantitative estimate of drug-likeness (QED) is 0.489. The lowest BCUT2D eigenvalue weighted by molar-refractivity contribution is -0.122. The van der Waals surface area contributed by atoms with Gasteiger partial charge in [0, 0.05) is 11.6 Å². The van der Waals surface area contributed by atoms with Crippen LogP contribution in [0.1, 0.15) is 49.7 Å². The van der Waals surface area contributed by atoms with Crippen LogP contribution in [0.5, 0.6) is 17.2 Å². The number of imide groups is 2. The minimum absolute atomic E-state index is 0.0828. The lowest BCUT2D eigenvalue weighted by atomic mass is 9.48. The monoisotopic (exact) mass is 500 g/mol. The number of amides is 4. The molecule has 4 amide bonds. The molecule has 4 aliphatic carbocycles. The summed E-state index contributed by atoms with van der Waals surface area (Å²) >= 11 is 0. The molecule has 6 aliphatic rings. The van der Waals surface area contributed by atoms with Gasteiger partial charge in [0.25, 0.3) is 11.8 Å². The van der Waals surface area contributed by atoms with Crippen LogP contribution in [0, 0.1) is 17.8 Å². The van der Waals surface area contributed by atoms with Gasteiger partial charge in [0.15, 0.2) is 11.5 Å². The third kappa shape index (κ3) is 3.53. The van der Waals surface area contributed by atoms with E-state index in [1.807, 2.05) is 12.1 Å². The third-order valence-electron chi connectivity index (χ3n) is 8.90. The van der Waals surface area contributed by atoms with Crippen LogP contribution >= 0.6 is 0 Å². The van der Waals surface area contributed by atoms with E-state index in [9.17, 15) is 14.4 Å². The number of ether oxygens (including phenoxy) is 3. The van der Waals surface area contributed by atoms with E-state index in [0.717, 1.165) is 22.7 Å². The van der Waals surface area contributed by atoms with E-state index in [-0.39, 0.29) is 17.8 Å². The molecule has 0 aromatic heterocycles. The van der Waals surface area contributed by atoms with Crippen LogP contribution in [-0.2, 0) is 15.0 Å². The summed E-state index contributed by atoms with van der Waals surface area (Å²) in [6.45, 7) is 0.0828. The van der Waals surface area contributed by atoms with Gasteiger partial charge in [0.05, 0.1) is 12.8 Å². The number of rotatable bonds is 4. The van der Waals surface area contributed by atoms with E-state index in [4.69, 9.17) is 14.2 Å². The maximum absolute atomic E-state index is 13.5. The second-order valence-corrected chi connectivity index (χ2v) is 11.2. The molecular weight excluding hydrogens is 472 g/mol. The van der Waals surface area contributed by atoms with Crippen molar-refractivity contribution in [3.05, 3.63) is 53.1 Å². The Hall–Kier alpha value is -3.81. The maximum atomic E-state index is 13.5. The SMILES string of the molecule is COc1cc2c(cc1/C=C1\C(=O)NC(=O)N(c3ccc(C45CC6CC(CC(C6)C4)C5)cc3)C1=O)OCO2. The number of anilines is 1. The summed E-state index contributed by atoms with van der Waals surface area (Å²) in [7, 11) is 1.49.